The van der Waals surface area contributed by atoms with Gasteiger partial charge in [-0.05, 0) is 28.8 Å². The molecule has 1 aromatic heterocycles. The molecule has 2 rings (SSSR count). The van der Waals surface area contributed by atoms with Gasteiger partial charge in [0.05, 0.1) is 0 Å². The van der Waals surface area contributed by atoms with Gasteiger partial charge in [-0.1, -0.05) is 24.3 Å². The van der Waals surface area contributed by atoms with Crippen molar-refractivity contribution in [2.75, 3.05) is 0 Å². The fraction of sp³-hybridized carbons (Fsp3) is 0.214. The predicted molar refractivity (Wildman–Crippen MR) is 69.3 cm³/mol. The topological polar surface area (TPSA) is 64.9 Å². The molecule has 0 fully saturated rings. The zero-order valence-electron chi connectivity index (χ0n) is 9.76. The van der Waals surface area contributed by atoms with Gasteiger partial charge in [0, 0.05) is 31.4 Å². The summed E-state index contributed by atoms with van der Waals surface area (Å²) in [5, 5.41) is 0. The molecule has 0 saturated heterocycles. The van der Waals surface area contributed by atoms with Gasteiger partial charge in [-0.2, -0.15) is 0 Å². The van der Waals surface area contributed by atoms with Crippen molar-refractivity contribution in [1.82, 2.24) is 4.98 Å². The van der Waals surface area contributed by atoms with Gasteiger partial charge in [0.1, 0.15) is 0 Å². The van der Waals surface area contributed by atoms with Crippen LogP contribution in [0.25, 0.3) is 0 Å². The fourth-order valence-corrected chi connectivity index (χ4v) is 1.98. The summed E-state index contributed by atoms with van der Waals surface area (Å²) in [6.07, 6.45) is 2.60. The summed E-state index contributed by atoms with van der Waals surface area (Å²) in [6, 6.07) is 12.0. The van der Waals surface area contributed by atoms with Gasteiger partial charge in [-0.25, -0.2) is 0 Å². The van der Waals surface area contributed by atoms with Crippen LogP contribution < -0.4 is 11.5 Å². The maximum atomic E-state index is 5.77. The van der Waals surface area contributed by atoms with Gasteiger partial charge in [0.2, 0.25) is 0 Å². The van der Waals surface area contributed by atoms with Crippen LogP contribution in [0.15, 0.2) is 42.6 Å². The molecule has 0 radical (unpaired) electrons. The van der Waals surface area contributed by atoms with Crippen molar-refractivity contribution in [3.63, 3.8) is 0 Å². The number of aromatic nitrogens is 1. The first kappa shape index (κ1) is 11.8. The van der Waals surface area contributed by atoms with E-state index < -0.39 is 0 Å². The first-order chi connectivity index (χ1) is 8.35. The van der Waals surface area contributed by atoms with Crippen molar-refractivity contribution in [2.45, 2.75) is 19.5 Å². The summed E-state index contributed by atoms with van der Waals surface area (Å²) < 4.78 is 0. The molecule has 0 aliphatic carbocycles. The summed E-state index contributed by atoms with van der Waals surface area (Å²) in [5.74, 6) is 0. The molecule has 4 N–H and O–H groups in total. The van der Waals surface area contributed by atoms with Crippen LogP contribution in [-0.2, 0) is 19.5 Å². The molecular weight excluding hydrogens is 210 g/mol. The first-order valence-electron chi connectivity index (χ1n) is 5.75. The maximum absolute atomic E-state index is 5.77. The van der Waals surface area contributed by atoms with E-state index in [2.05, 4.69) is 17.1 Å². The molecule has 0 bridgehead atoms. The lowest BCUT2D eigenvalue weighted by molar-refractivity contribution is 0.945. The predicted octanol–water partition coefficient (Wildman–Crippen LogP) is 1.59. The normalized spacial score (nSPS) is 10.5. The maximum Gasteiger partial charge on any atom is 0.0447 e. The summed E-state index contributed by atoms with van der Waals surface area (Å²) in [4.78, 5) is 4.34. The van der Waals surface area contributed by atoms with E-state index in [1.807, 2.05) is 30.5 Å². The third-order valence-electron chi connectivity index (χ3n) is 2.89. The summed E-state index contributed by atoms with van der Waals surface area (Å²) in [7, 11) is 0. The van der Waals surface area contributed by atoms with Crippen LogP contribution in [0.5, 0.6) is 0 Å². The third kappa shape index (κ3) is 2.70. The molecular formula is C14H17N3. The molecule has 3 heteroatoms. The van der Waals surface area contributed by atoms with Gasteiger partial charge >= 0.3 is 0 Å². The lowest BCUT2D eigenvalue weighted by Gasteiger charge is -2.12. The van der Waals surface area contributed by atoms with Crippen LogP contribution in [0.2, 0.25) is 0 Å². The second-order valence-electron chi connectivity index (χ2n) is 3.96. The Morgan fingerprint density at radius 2 is 1.59 bits per heavy atom. The van der Waals surface area contributed by atoms with E-state index in [9.17, 15) is 0 Å². The second kappa shape index (κ2) is 5.57. The van der Waals surface area contributed by atoms with Crippen LogP contribution in [-0.4, -0.2) is 4.98 Å². The van der Waals surface area contributed by atoms with E-state index in [4.69, 9.17) is 11.5 Å². The number of nitrogens with two attached hydrogens (primary N) is 2. The molecule has 1 heterocycles. The monoisotopic (exact) mass is 227 g/mol. The van der Waals surface area contributed by atoms with E-state index >= 15 is 0 Å². The molecule has 1 aromatic carbocycles. The summed E-state index contributed by atoms with van der Waals surface area (Å²) >= 11 is 0. The molecule has 3 nitrogen and oxygen atoms in total. The molecule has 0 unspecified atom stereocenters. The van der Waals surface area contributed by atoms with E-state index in [-0.39, 0.29) is 0 Å². The highest BCUT2D eigenvalue weighted by molar-refractivity contribution is 5.38. The Morgan fingerprint density at radius 1 is 0.882 bits per heavy atom. The van der Waals surface area contributed by atoms with E-state index in [0.29, 0.717) is 13.1 Å². The number of hydrogen-bond donors (Lipinski definition) is 2. The van der Waals surface area contributed by atoms with Crippen LogP contribution in [0.1, 0.15) is 22.4 Å². The Hall–Kier alpha value is -1.71. The Bertz CT molecular complexity index is 458. The molecule has 0 aliphatic heterocycles. The minimum absolute atomic E-state index is 0.538. The largest absolute Gasteiger partial charge is 0.326 e. The average Bonchev–Trinajstić information content (AvgIpc) is 2.40. The molecule has 17 heavy (non-hydrogen) atoms. The number of pyridine rings is 1. The number of nitrogens with zero attached hydrogens (tertiary/aromatic N) is 1. The number of hydrogen-bond acceptors (Lipinski definition) is 3. The van der Waals surface area contributed by atoms with Gasteiger partial charge in [-0.15, -0.1) is 0 Å². The standard InChI is InChI=1S/C14H17N3/c15-9-11-4-3-5-12(10-16)14(11)8-13-6-1-2-7-17-13/h1-7H,8-10,15-16H2. The number of rotatable bonds is 4. The quantitative estimate of drug-likeness (QED) is 0.833. The Labute approximate surface area is 101 Å². The van der Waals surface area contributed by atoms with Gasteiger partial charge in [-0.3, -0.25) is 4.98 Å². The number of benzene rings is 1. The van der Waals surface area contributed by atoms with E-state index in [1.54, 1.807) is 0 Å². The van der Waals surface area contributed by atoms with Crippen LogP contribution >= 0.6 is 0 Å². The summed E-state index contributed by atoms with van der Waals surface area (Å²) in [5.41, 5.74) is 16.1. The van der Waals surface area contributed by atoms with Crippen molar-refractivity contribution in [3.8, 4) is 0 Å². The molecule has 0 spiro atoms. The van der Waals surface area contributed by atoms with E-state index in [1.165, 1.54) is 5.56 Å². The lowest BCUT2D eigenvalue weighted by Crippen LogP contribution is -2.09. The molecule has 0 amide bonds. The molecule has 88 valence electrons. The fourth-order valence-electron chi connectivity index (χ4n) is 1.98. The highest BCUT2D eigenvalue weighted by Crippen LogP contribution is 2.17. The zero-order chi connectivity index (χ0) is 12.1. The second-order valence-corrected chi connectivity index (χ2v) is 3.96. The summed E-state index contributed by atoms with van der Waals surface area (Å²) in [6.45, 7) is 1.08. The third-order valence-corrected chi connectivity index (χ3v) is 2.89. The van der Waals surface area contributed by atoms with Crippen molar-refractivity contribution in [2.24, 2.45) is 11.5 Å². The smallest absolute Gasteiger partial charge is 0.0447 e. The minimum Gasteiger partial charge on any atom is -0.326 e. The van der Waals surface area contributed by atoms with Crippen molar-refractivity contribution < 1.29 is 0 Å². The first-order valence-corrected chi connectivity index (χ1v) is 5.75. The highest BCUT2D eigenvalue weighted by Gasteiger charge is 2.07. The molecule has 0 atom stereocenters. The van der Waals surface area contributed by atoms with Crippen LogP contribution in [0, 0.1) is 0 Å². The molecule has 0 aliphatic rings. The average molecular weight is 227 g/mol. The van der Waals surface area contributed by atoms with Crippen molar-refractivity contribution in [3.05, 3.63) is 65.0 Å². The zero-order valence-corrected chi connectivity index (χ0v) is 9.76. The van der Waals surface area contributed by atoms with Crippen molar-refractivity contribution >= 4 is 0 Å². The highest BCUT2D eigenvalue weighted by atomic mass is 14.7. The van der Waals surface area contributed by atoms with Crippen molar-refractivity contribution in [1.29, 1.82) is 0 Å². The van der Waals surface area contributed by atoms with Crippen LogP contribution in [0.4, 0.5) is 0 Å². The van der Waals surface area contributed by atoms with Gasteiger partial charge in [0.15, 0.2) is 0 Å². The Kier molecular flexibility index (Phi) is 3.85. The minimum atomic E-state index is 0.538. The molecule has 0 saturated carbocycles. The van der Waals surface area contributed by atoms with E-state index in [0.717, 1.165) is 23.2 Å². The Balaban J connectivity index is 2.37. The van der Waals surface area contributed by atoms with Gasteiger partial charge in [0.25, 0.3) is 0 Å². The SMILES string of the molecule is NCc1cccc(CN)c1Cc1ccccn1. The lowest BCUT2D eigenvalue weighted by atomic mass is 9.96. The van der Waals surface area contributed by atoms with Gasteiger partial charge < -0.3 is 11.5 Å². The molecule has 2 aromatic rings. The Morgan fingerprint density at radius 3 is 2.12 bits per heavy atom. The van der Waals surface area contributed by atoms with Crippen LogP contribution in [0.3, 0.4) is 0 Å².